The molecule has 0 radical (unpaired) electrons. The van der Waals surface area contributed by atoms with Crippen molar-refractivity contribution in [3.63, 3.8) is 0 Å². The molecule has 1 atom stereocenters. The maximum absolute atomic E-state index is 11.7. The molecule has 0 rings (SSSR count). The van der Waals surface area contributed by atoms with E-state index in [9.17, 15) is 19.2 Å². The Morgan fingerprint density at radius 3 is 1.58 bits per heavy atom. The van der Waals surface area contributed by atoms with Crippen LogP contribution in [0.4, 0.5) is 0 Å². The van der Waals surface area contributed by atoms with Gasteiger partial charge in [-0.1, -0.05) is 13.8 Å². The van der Waals surface area contributed by atoms with Crippen molar-refractivity contribution in [1.29, 1.82) is 0 Å². The number of esters is 4. The summed E-state index contributed by atoms with van der Waals surface area (Å²) in [4.78, 5) is 45.6. The summed E-state index contributed by atoms with van der Waals surface area (Å²) in [6.07, 6.45) is 3.58. The van der Waals surface area contributed by atoms with Crippen LogP contribution in [0.5, 0.6) is 0 Å². The monoisotopic (exact) mass is 370 g/mol. The summed E-state index contributed by atoms with van der Waals surface area (Å²) in [5, 5.41) is 0. The van der Waals surface area contributed by atoms with Crippen LogP contribution in [0.25, 0.3) is 0 Å². The summed E-state index contributed by atoms with van der Waals surface area (Å²) in [5.41, 5.74) is 0. The highest BCUT2D eigenvalue weighted by Gasteiger charge is 2.17. The molecule has 1 unspecified atom stereocenters. The fourth-order valence-electron chi connectivity index (χ4n) is 1.76. The van der Waals surface area contributed by atoms with Gasteiger partial charge in [0, 0.05) is 24.3 Å². The summed E-state index contributed by atoms with van der Waals surface area (Å²) >= 11 is 0. The highest BCUT2D eigenvalue weighted by molar-refractivity contribution is 5.92. The Kier molecular flexibility index (Phi) is 12.2. The number of carbonyl (C=O) groups excluding carboxylic acids is 4. The lowest BCUT2D eigenvalue weighted by Gasteiger charge is -2.18. The van der Waals surface area contributed by atoms with E-state index in [0.29, 0.717) is 6.42 Å². The van der Waals surface area contributed by atoms with Crippen LogP contribution in [0.1, 0.15) is 34.1 Å². The first-order valence-corrected chi connectivity index (χ1v) is 8.35. The maximum atomic E-state index is 11.7. The zero-order valence-electron chi connectivity index (χ0n) is 15.6. The fraction of sp³-hybridized carbons (Fsp3) is 0.556. The average molecular weight is 370 g/mol. The highest BCUT2D eigenvalue weighted by atomic mass is 16.6. The van der Waals surface area contributed by atoms with Crippen LogP contribution < -0.4 is 0 Å². The van der Waals surface area contributed by atoms with Gasteiger partial charge in [-0.05, 0) is 26.2 Å². The van der Waals surface area contributed by atoms with Crippen LogP contribution >= 0.6 is 0 Å². The number of carbonyl (C=O) groups is 4. The van der Waals surface area contributed by atoms with Gasteiger partial charge in [0.15, 0.2) is 0 Å². The van der Waals surface area contributed by atoms with Crippen molar-refractivity contribution in [3.8, 4) is 0 Å². The zero-order valence-corrected chi connectivity index (χ0v) is 15.6. The quantitative estimate of drug-likeness (QED) is 0.308. The Bertz CT molecular complexity index is 533. The van der Waals surface area contributed by atoms with Gasteiger partial charge in [0.1, 0.15) is 12.7 Å². The lowest BCUT2D eigenvalue weighted by atomic mass is 10.1. The average Bonchev–Trinajstić information content (AvgIpc) is 2.56. The van der Waals surface area contributed by atoms with Gasteiger partial charge in [-0.15, -0.1) is 0 Å². The smallest absolute Gasteiger partial charge is 0.331 e. The van der Waals surface area contributed by atoms with E-state index < -0.39 is 30.0 Å². The summed E-state index contributed by atoms with van der Waals surface area (Å²) in [5.74, 6) is -2.64. The molecular formula is C18H26O8. The molecule has 0 heterocycles. The first-order valence-electron chi connectivity index (χ1n) is 8.35. The largest absolute Gasteiger partial charge is 0.463 e. The van der Waals surface area contributed by atoms with Gasteiger partial charge in [-0.2, -0.15) is 0 Å². The Morgan fingerprint density at radius 2 is 1.15 bits per heavy atom. The molecule has 8 heteroatoms. The molecule has 0 aromatic rings. The summed E-state index contributed by atoms with van der Waals surface area (Å²) < 4.78 is 19.4. The van der Waals surface area contributed by atoms with Gasteiger partial charge in [-0.25, -0.2) is 19.2 Å². The molecule has 0 fully saturated rings. The molecule has 0 spiro atoms. The number of hydrogen-bond donors (Lipinski definition) is 0. The van der Waals surface area contributed by atoms with Crippen LogP contribution in [-0.4, -0.2) is 49.8 Å². The second-order valence-electron chi connectivity index (χ2n) is 5.49. The Morgan fingerprint density at radius 1 is 0.731 bits per heavy atom. The molecule has 0 N–H and O–H groups in total. The first kappa shape index (κ1) is 23.4. The molecule has 26 heavy (non-hydrogen) atoms. The van der Waals surface area contributed by atoms with Crippen LogP contribution in [0.3, 0.4) is 0 Å². The Hall–Kier alpha value is -2.64. The van der Waals surface area contributed by atoms with Crippen molar-refractivity contribution in [2.75, 3.05) is 19.8 Å². The van der Waals surface area contributed by atoms with Crippen molar-refractivity contribution in [3.05, 3.63) is 24.3 Å². The molecule has 0 saturated carbocycles. The van der Waals surface area contributed by atoms with Crippen molar-refractivity contribution in [2.24, 2.45) is 5.92 Å². The van der Waals surface area contributed by atoms with E-state index in [-0.39, 0.29) is 25.7 Å². The van der Waals surface area contributed by atoms with Crippen molar-refractivity contribution in [2.45, 2.75) is 40.2 Å². The van der Waals surface area contributed by atoms with Crippen LogP contribution in [-0.2, 0) is 38.1 Å². The summed E-state index contributed by atoms with van der Waals surface area (Å²) in [6.45, 7) is 7.34. The lowest BCUT2D eigenvalue weighted by molar-refractivity contribution is -0.153. The molecule has 0 amide bonds. The molecule has 0 aliphatic carbocycles. The SMILES string of the molecule is CCOC(=O)/C=C/C(=O)OCC(CC(C)C)OC(=O)/C=C/C(=O)OCC. The van der Waals surface area contributed by atoms with Gasteiger partial charge in [0.05, 0.1) is 13.2 Å². The molecule has 8 nitrogen and oxygen atoms in total. The van der Waals surface area contributed by atoms with E-state index in [2.05, 4.69) is 9.47 Å². The fourth-order valence-corrected chi connectivity index (χ4v) is 1.76. The molecule has 0 saturated heterocycles. The predicted octanol–water partition coefficient (Wildman–Crippen LogP) is 1.73. The van der Waals surface area contributed by atoms with Crippen LogP contribution in [0.2, 0.25) is 0 Å². The third kappa shape index (κ3) is 12.7. The van der Waals surface area contributed by atoms with Crippen LogP contribution in [0, 0.1) is 5.92 Å². The standard InChI is InChI=1S/C18H26O8/c1-5-23-15(19)7-8-17(21)25-12-14(11-13(3)4)26-18(22)10-9-16(20)24-6-2/h7-10,13-14H,5-6,11-12H2,1-4H3/b8-7+,10-9+. The zero-order chi connectivity index (χ0) is 19.9. The molecule has 0 aromatic carbocycles. The molecule has 0 bridgehead atoms. The van der Waals surface area contributed by atoms with Gasteiger partial charge < -0.3 is 18.9 Å². The van der Waals surface area contributed by atoms with Gasteiger partial charge in [0.25, 0.3) is 0 Å². The molecule has 0 aliphatic rings. The lowest BCUT2D eigenvalue weighted by Crippen LogP contribution is -2.26. The minimum absolute atomic E-state index is 0.176. The van der Waals surface area contributed by atoms with Gasteiger partial charge >= 0.3 is 23.9 Å². The Balaban J connectivity index is 4.56. The normalized spacial score (nSPS) is 12.2. The van der Waals surface area contributed by atoms with Crippen molar-refractivity contribution in [1.82, 2.24) is 0 Å². The molecule has 0 aromatic heterocycles. The maximum Gasteiger partial charge on any atom is 0.331 e. The summed E-state index contributed by atoms with van der Waals surface area (Å²) in [6, 6.07) is 0. The first-order chi connectivity index (χ1) is 12.3. The van der Waals surface area contributed by atoms with Crippen molar-refractivity contribution < 1.29 is 38.1 Å². The van der Waals surface area contributed by atoms with E-state index in [0.717, 1.165) is 24.3 Å². The molecule has 0 aliphatic heterocycles. The van der Waals surface area contributed by atoms with Crippen molar-refractivity contribution >= 4 is 23.9 Å². The summed E-state index contributed by atoms with van der Waals surface area (Å²) in [7, 11) is 0. The van der Waals surface area contributed by atoms with Gasteiger partial charge in [0.2, 0.25) is 0 Å². The van der Waals surface area contributed by atoms with E-state index >= 15 is 0 Å². The van der Waals surface area contributed by atoms with Crippen LogP contribution in [0.15, 0.2) is 24.3 Å². The molecule has 146 valence electrons. The van der Waals surface area contributed by atoms with E-state index in [1.54, 1.807) is 13.8 Å². The van der Waals surface area contributed by atoms with Gasteiger partial charge in [-0.3, -0.25) is 0 Å². The van der Waals surface area contributed by atoms with E-state index in [1.165, 1.54) is 0 Å². The van der Waals surface area contributed by atoms with E-state index in [1.807, 2.05) is 13.8 Å². The molecular weight excluding hydrogens is 344 g/mol. The minimum Gasteiger partial charge on any atom is -0.463 e. The number of hydrogen-bond acceptors (Lipinski definition) is 8. The third-order valence-electron chi connectivity index (χ3n) is 2.71. The number of rotatable bonds is 11. The second kappa shape index (κ2) is 13.6. The number of ether oxygens (including phenoxy) is 4. The third-order valence-corrected chi connectivity index (χ3v) is 2.71. The topological polar surface area (TPSA) is 105 Å². The highest BCUT2D eigenvalue weighted by Crippen LogP contribution is 2.10. The Labute approximate surface area is 153 Å². The second-order valence-corrected chi connectivity index (χ2v) is 5.49. The minimum atomic E-state index is -0.759. The van der Waals surface area contributed by atoms with E-state index in [4.69, 9.17) is 9.47 Å². The predicted molar refractivity (Wildman–Crippen MR) is 91.8 cm³/mol.